The van der Waals surface area contributed by atoms with Gasteiger partial charge in [0.2, 0.25) is 0 Å². The van der Waals surface area contributed by atoms with E-state index in [0.29, 0.717) is 17.3 Å². The number of alkyl halides is 3. The van der Waals surface area contributed by atoms with Crippen LogP contribution in [0.4, 0.5) is 18.9 Å². The van der Waals surface area contributed by atoms with Crippen LogP contribution in [0.1, 0.15) is 22.9 Å². The number of thiocarbonyl (C=S) groups is 1. The Labute approximate surface area is 165 Å². The first-order valence-corrected chi connectivity index (χ1v) is 9.14. The van der Waals surface area contributed by atoms with Crippen molar-refractivity contribution < 1.29 is 13.2 Å². The Kier molecular flexibility index (Phi) is 4.80. The predicted octanol–water partition coefficient (Wildman–Crippen LogP) is 4.70. The number of benzene rings is 1. The van der Waals surface area contributed by atoms with Gasteiger partial charge in [-0.3, -0.25) is 4.98 Å². The molecular formula is C20H17F3N4S. The SMILES string of the molecule is FC(F)(F)c1cccc(NC(=S)N2CCn3cccc3[C@H]2c2cccnc2)c1. The van der Waals surface area contributed by atoms with Gasteiger partial charge in [0.1, 0.15) is 0 Å². The van der Waals surface area contributed by atoms with E-state index in [2.05, 4.69) is 14.9 Å². The van der Waals surface area contributed by atoms with Gasteiger partial charge in [0.05, 0.1) is 11.6 Å². The summed E-state index contributed by atoms with van der Waals surface area (Å²) in [5.74, 6) is 0. The Morgan fingerprint density at radius 2 is 1.96 bits per heavy atom. The molecule has 0 bridgehead atoms. The molecule has 2 aromatic heterocycles. The molecule has 0 unspecified atom stereocenters. The lowest BCUT2D eigenvalue weighted by Gasteiger charge is -2.39. The molecule has 1 aliphatic heterocycles. The maximum absolute atomic E-state index is 13.0. The van der Waals surface area contributed by atoms with Crippen molar-refractivity contribution in [1.82, 2.24) is 14.5 Å². The number of rotatable bonds is 2. The minimum atomic E-state index is -4.40. The Morgan fingerprint density at radius 1 is 1.11 bits per heavy atom. The van der Waals surface area contributed by atoms with Gasteiger partial charge in [-0.25, -0.2) is 0 Å². The zero-order valence-corrected chi connectivity index (χ0v) is 15.5. The molecule has 1 aliphatic rings. The Bertz CT molecular complexity index is 984. The van der Waals surface area contributed by atoms with Crippen LogP contribution in [0.2, 0.25) is 0 Å². The summed E-state index contributed by atoms with van der Waals surface area (Å²) in [5.41, 5.74) is 1.63. The lowest BCUT2D eigenvalue weighted by Crippen LogP contribution is -2.44. The summed E-state index contributed by atoms with van der Waals surface area (Å²) >= 11 is 5.58. The highest BCUT2D eigenvalue weighted by Crippen LogP contribution is 2.33. The van der Waals surface area contributed by atoms with Gasteiger partial charge < -0.3 is 14.8 Å². The lowest BCUT2D eigenvalue weighted by atomic mass is 10.0. The first-order valence-electron chi connectivity index (χ1n) is 8.73. The fourth-order valence-corrected chi connectivity index (χ4v) is 3.77. The summed E-state index contributed by atoms with van der Waals surface area (Å²) in [4.78, 5) is 6.20. The molecule has 0 saturated heterocycles. The molecule has 0 fully saturated rings. The molecule has 0 radical (unpaired) electrons. The van der Waals surface area contributed by atoms with Crippen LogP contribution in [-0.2, 0) is 12.7 Å². The molecule has 0 aliphatic carbocycles. The molecule has 4 rings (SSSR count). The van der Waals surface area contributed by atoms with Crippen molar-refractivity contribution in [2.75, 3.05) is 11.9 Å². The summed E-state index contributed by atoms with van der Waals surface area (Å²) in [6.45, 7) is 1.37. The van der Waals surface area contributed by atoms with Gasteiger partial charge in [0.15, 0.2) is 5.11 Å². The molecule has 1 atom stereocenters. The average molecular weight is 402 g/mol. The second-order valence-corrected chi connectivity index (χ2v) is 6.90. The second kappa shape index (κ2) is 7.27. The van der Waals surface area contributed by atoms with Crippen molar-refractivity contribution in [3.05, 3.63) is 83.9 Å². The number of nitrogens with one attached hydrogen (secondary N) is 1. The first-order chi connectivity index (χ1) is 13.4. The quantitative estimate of drug-likeness (QED) is 0.630. The van der Waals surface area contributed by atoms with Gasteiger partial charge in [0, 0.05) is 43.1 Å². The van der Waals surface area contributed by atoms with Crippen molar-refractivity contribution >= 4 is 23.0 Å². The number of pyridine rings is 1. The third-order valence-electron chi connectivity index (χ3n) is 4.74. The van der Waals surface area contributed by atoms with E-state index >= 15 is 0 Å². The Hall–Kier alpha value is -2.87. The number of anilines is 1. The summed E-state index contributed by atoms with van der Waals surface area (Å²) in [6, 6.07) is 12.7. The third kappa shape index (κ3) is 3.60. The normalized spacial score (nSPS) is 16.5. The standard InChI is InChI=1S/C20H17F3N4S/c21-20(22,23)15-5-1-6-16(12-15)25-19(28)27-11-10-26-9-3-7-17(26)18(27)14-4-2-8-24-13-14/h1-9,12-13,18H,10-11H2,(H,25,28)/t18-/m1/s1. The van der Waals surface area contributed by atoms with E-state index in [1.807, 2.05) is 35.4 Å². The van der Waals surface area contributed by atoms with E-state index in [1.165, 1.54) is 6.07 Å². The van der Waals surface area contributed by atoms with Crippen LogP contribution in [0.3, 0.4) is 0 Å². The van der Waals surface area contributed by atoms with Crippen molar-refractivity contribution in [2.45, 2.75) is 18.8 Å². The molecule has 144 valence electrons. The molecule has 3 aromatic rings. The number of halogens is 3. The van der Waals surface area contributed by atoms with Crippen LogP contribution in [0.15, 0.2) is 67.1 Å². The molecule has 0 amide bonds. The first kappa shape index (κ1) is 18.5. The third-order valence-corrected chi connectivity index (χ3v) is 5.08. The van der Waals surface area contributed by atoms with E-state index in [9.17, 15) is 13.2 Å². The van der Waals surface area contributed by atoms with Gasteiger partial charge >= 0.3 is 6.18 Å². The minimum absolute atomic E-state index is 0.164. The van der Waals surface area contributed by atoms with Gasteiger partial charge in [-0.2, -0.15) is 13.2 Å². The van der Waals surface area contributed by atoms with Crippen molar-refractivity contribution in [1.29, 1.82) is 0 Å². The Morgan fingerprint density at radius 3 is 2.71 bits per heavy atom. The van der Waals surface area contributed by atoms with Crippen LogP contribution >= 0.6 is 12.2 Å². The molecule has 4 nitrogen and oxygen atoms in total. The van der Waals surface area contributed by atoms with E-state index in [1.54, 1.807) is 18.5 Å². The highest BCUT2D eigenvalue weighted by atomic mass is 32.1. The summed E-state index contributed by atoms with van der Waals surface area (Å²) < 4.78 is 41.1. The van der Waals surface area contributed by atoms with Crippen LogP contribution in [0.5, 0.6) is 0 Å². The van der Waals surface area contributed by atoms with Crippen LogP contribution in [-0.4, -0.2) is 26.1 Å². The minimum Gasteiger partial charge on any atom is -0.348 e. The molecule has 1 N–H and O–H groups in total. The highest BCUT2D eigenvalue weighted by Gasteiger charge is 2.32. The topological polar surface area (TPSA) is 33.1 Å². The van der Waals surface area contributed by atoms with E-state index in [0.717, 1.165) is 29.9 Å². The largest absolute Gasteiger partial charge is 0.416 e. The molecular weight excluding hydrogens is 385 g/mol. The summed E-state index contributed by atoms with van der Waals surface area (Å²) in [6.07, 6.45) is 1.10. The van der Waals surface area contributed by atoms with Crippen LogP contribution in [0, 0.1) is 0 Å². The molecule has 3 heterocycles. The van der Waals surface area contributed by atoms with E-state index < -0.39 is 11.7 Å². The number of hydrogen-bond acceptors (Lipinski definition) is 2. The van der Waals surface area contributed by atoms with E-state index in [4.69, 9.17) is 12.2 Å². The summed E-state index contributed by atoms with van der Waals surface area (Å²) in [7, 11) is 0. The predicted molar refractivity (Wildman–Crippen MR) is 105 cm³/mol. The maximum atomic E-state index is 13.0. The van der Waals surface area contributed by atoms with Crippen molar-refractivity contribution in [2.24, 2.45) is 0 Å². The fraction of sp³-hybridized carbons (Fsp3) is 0.200. The Balaban J connectivity index is 1.63. The number of fused-ring (bicyclic) bond motifs is 1. The average Bonchev–Trinajstić information content (AvgIpc) is 3.16. The zero-order chi connectivity index (χ0) is 19.7. The van der Waals surface area contributed by atoms with Gasteiger partial charge in [-0.05, 0) is 54.2 Å². The van der Waals surface area contributed by atoms with Gasteiger partial charge in [-0.15, -0.1) is 0 Å². The van der Waals surface area contributed by atoms with Crippen LogP contribution < -0.4 is 5.32 Å². The number of hydrogen-bond donors (Lipinski definition) is 1. The monoisotopic (exact) mass is 402 g/mol. The van der Waals surface area contributed by atoms with Gasteiger partial charge in [0.25, 0.3) is 0 Å². The summed E-state index contributed by atoms with van der Waals surface area (Å²) in [5, 5.41) is 3.35. The van der Waals surface area contributed by atoms with E-state index in [-0.39, 0.29) is 6.04 Å². The molecule has 0 saturated carbocycles. The highest BCUT2D eigenvalue weighted by molar-refractivity contribution is 7.80. The molecule has 8 heteroatoms. The van der Waals surface area contributed by atoms with Gasteiger partial charge in [-0.1, -0.05) is 12.1 Å². The number of nitrogens with zero attached hydrogens (tertiary/aromatic N) is 3. The molecule has 1 aromatic carbocycles. The smallest absolute Gasteiger partial charge is 0.348 e. The van der Waals surface area contributed by atoms with Crippen LogP contribution in [0.25, 0.3) is 0 Å². The molecule has 28 heavy (non-hydrogen) atoms. The van der Waals surface area contributed by atoms with Crippen molar-refractivity contribution in [3.8, 4) is 0 Å². The van der Waals surface area contributed by atoms with Crippen molar-refractivity contribution in [3.63, 3.8) is 0 Å². The number of aromatic nitrogens is 2. The fourth-order valence-electron chi connectivity index (χ4n) is 3.46. The maximum Gasteiger partial charge on any atom is 0.416 e. The second-order valence-electron chi connectivity index (χ2n) is 6.52. The lowest BCUT2D eigenvalue weighted by molar-refractivity contribution is -0.137. The molecule has 0 spiro atoms. The zero-order valence-electron chi connectivity index (χ0n) is 14.7.